The zero-order valence-electron chi connectivity index (χ0n) is 26.7. The van der Waals surface area contributed by atoms with Gasteiger partial charge in [0.25, 0.3) is 0 Å². The Labute approximate surface area is 304 Å². The molecule has 0 saturated heterocycles. The molecule has 0 radical (unpaired) electrons. The number of halogens is 1. The summed E-state index contributed by atoms with van der Waals surface area (Å²) in [5.74, 6) is 0. The molecule has 9 rings (SSSR count). The SMILES string of the molecule is C1=Cc2nc1c(-c1ccccc1)c1ccc([n-]1)c(-c1ccccc1)c1nc(c(-c3ccccc3)c3ccc([n-]3)c2-c2ccccc2)C=C1.[Cl][Ru+2]. The summed E-state index contributed by atoms with van der Waals surface area (Å²) >= 11 is 1.82. The van der Waals surface area contributed by atoms with Crippen LogP contribution in [0.25, 0.3) is 90.9 Å². The van der Waals surface area contributed by atoms with Gasteiger partial charge in [-0.3, -0.25) is 0 Å². The number of hydrogen-bond donors (Lipinski definition) is 0. The molecule has 8 bridgehead atoms. The summed E-state index contributed by atoms with van der Waals surface area (Å²) in [7, 11) is 4.57. The molecule has 3 aromatic heterocycles. The summed E-state index contributed by atoms with van der Waals surface area (Å²) in [6, 6.07) is 50.0. The van der Waals surface area contributed by atoms with Crippen LogP contribution >= 0.6 is 9.69 Å². The molecule has 50 heavy (non-hydrogen) atoms. The Bertz CT molecular complexity index is 2190. The fourth-order valence-corrected chi connectivity index (χ4v) is 6.69. The van der Waals surface area contributed by atoms with Crippen molar-refractivity contribution < 1.29 is 17.3 Å². The molecular weight excluding hydrogens is 721 g/mol. The minimum atomic E-state index is 0.861. The Hall–Kier alpha value is -5.61. The molecule has 0 amide bonds. The second-order valence-corrected chi connectivity index (χ2v) is 11.8. The minimum absolute atomic E-state index is 0.861. The molecule has 4 nitrogen and oxygen atoms in total. The Balaban J connectivity index is 0.00000177. The normalized spacial score (nSPS) is 11.6. The van der Waals surface area contributed by atoms with Crippen molar-refractivity contribution in [2.45, 2.75) is 0 Å². The van der Waals surface area contributed by atoms with Gasteiger partial charge in [0.15, 0.2) is 0 Å². The van der Waals surface area contributed by atoms with Crippen molar-refractivity contribution in [1.29, 1.82) is 0 Å². The van der Waals surface area contributed by atoms with E-state index in [1.165, 1.54) is 0 Å². The van der Waals surface area contributed by atoms with Crippen LogP contribution in [0.3, 0.4) is 0 Å². The first-order valence-corrected chi connectivity index (χ1v) is 18.4. The van der Waals surface area contributed by atoms with Gasteiger partial charge in [0.2, 0.25) is 0 Å². The van der Waals surface area contributed by atoms with Crippen LogP contribution in [0.15, 0.2) is 146 Å². The van der Waals surface area contributed by atoms with Crippen LogP contribution < -0.4 is 9.97 Å². The number of nitrogens with zero attached hydrogens (tertiary/aromatic N) is 4. The maximum absolute atomic E-state index is 5.31. The molecule has 6 heteroatoms. The molecule has 239 valence electrons. The number of benzene rings is 4. The quantitative estimate of drug-likeness (QED) is 0.168. The molecule has 0 unspecified atom stereocenters. The average molecular weight is 749 g/mol. The van der Waals surface area contributed by atoms with Gasteiger partial charge in [0.05, 0.1) is 22.8 Å². The fourth-order valence-electron chi connectivity index (χ4n) is 6.69. The molecule has 0 N–H and O–H groups in total. The topological polar surface area (TPSA) is 54.0 Å². The summed E-state index contributed by atoms with van der Waals surface area (Å²) in [5.41, 5.74) is 15.0. The van der Waals surface area contributed by atoms with Crippen LogP contribution in [0.2, 0.25) is 0 Å². The molecule has 7 aromatic rings. The number of hydrogen-bond acceptors (Lipinski definition) is 2. The van der Waals surface area contributed by atoms with Crippen LogP contribution in [0, 0.1) is 0 Å². The summed E-state index contributed by atoms with van der Waals surface area (Å²) in [5, 5.41) is 0. The van der Waals surface area contributed by atoms with Gasteiger partial charge >= 0.3 is 27.0 Å². The van der Waals surface area contributed by atoms with E-state index in [4.69, 9.17) is 19.9 Å². The summed E-state index contributed by atoms with van der Waals surface area (Å²) < 4.78 is 0. The third-order valence-electron chi connectivity index (χ3n) is 8.86. The Morgan fingerprint density at radius 3 is 0.760 bits per heavy atom. The monoisotopic (exact) mass is 749 g/mol. The van der Waals surface area contributed by atoms with Crippen molar-refractivity contribution >= 4 is 56.1 Å². The van der Waals surface area contributed by atoms with Crippen LogP contribution in [0.4, 0.5) is 0 Å². The third kappa shape index (κ3) is 5.96. The standard InChI is InChI=1S/C44H28N4.ClH.Ru/c1-5-13-29(14-6-1)41-33-21-23-35(45-33)42(30-15-7-2-8-16-30)37-25-27-39(47-37)44(32-19-11-4-12-20-32)40-28-26-38(48-40)43(31-17-9-3-10-18-31)36-24-22-34(41)46-36;;/h1-28H;1H;/q-2;;+3/p-1. The van der Waals surface area contributed by atoms with Gasteiger partial charge in [-0.2, -0.15) is 0 Å². The molecule has 2 aliphatic heterocycles. The van der Waals surface area contributed by atoms with Crippen LogP contribution in [0.5, 0.6) is 0 Å². The molecule has 0 spiro atoms. The predicted molar refractivity (Wildman–Crippen MR) is 204 cm³/mol. The van der Waals surface area contributed by atoms with E-state index in [2.05, 4.69) is 155 Å². The molecule has 0 atom stereocenters. The Morgan fingerprint density at radius 2 is 0.540 bits per heavy atom. The van der Waals surface area contributed by atoms with Gasteiger partial charge in [0.1, 0.15) is 0 Å². The summed E-state index contributed by atoms with van der Waals surface area (Å²) in [6.07, 6.45) is 8.41. The Kier molecular flexibility index (Phi) is 8.92. The van der Waals surface area contributed by atoms with E-state index in [-0.39, 0.29) is 0 Å². The molecule has 4 aromatic carbocycles. The van der Waals surface area contributed by atoms with Crippen LogP contribution in [0.1, 0.15) is 22.8 Å². The summed E-state index contributed by atoms with van der Waals surface area (Å²) in [6.45, 7) is 0. The van der Waals surface area contributed by atoms with E-state index < -0.39 is 0 Å². The summed E-state index contributed by atoms with van der Waals surface area (Å²) in [4.78, 5) is 21.2. The second-order valence-electron chi connectivity index (χ2n) is 11.8. The van der Waals surface area contributed by atoms with Crippen molar-refractivity contribution in [3.63, 3.8) is 0 Å². The van der Waals surface area contributed by atoms with Crippen LogP contribution in [-0.4, -0.2) is 9.97 Å². The fraction of sp³-hybridized carbons (Fsp3) is 0. The van der Waals surface area contributed by atoms with E-state index in [9.17, 15) is 0 Å². The zero-order valence-corrected chi connectivity index (χ0v) is 29.2. The molecule has 2 aliphatic rings. The van der Waals surface area contributed by atoms with E-state index in [0.29, 0.717) is 0 Å². The van der Waals surface area contributed by atoms with Gasteiger partial charge in [0, 0.05) is 0 Å². The number of aromatic nitrogens is 4. The van der Waals surface area contributed by atoms with Gasteiger partial charge in [-0.05, 0) is 68.8 Å². The number of fused-ring (bicyclic) bond motifs is 8. The second kappa shape index (κ2) is 14.1. The first kappa shape index (κ1) is 31.6. The van der Waals surface area contributed by atoms with Crippen LogP contribution in [-0.2, 0) is 17.3 Å². The molecule has 0 aliphatic carbocycles. The third-order valence-corrected chi connectivity index (χ3v) is 8.86. The van der Waals surface area contributed by atoms with E-state index in [1.807, 2.05) is 41.6 Å². The first-order chi connectivity index (χ1) is 24.8. The maximum atomic E-state index is 5.31. The van der Waals surface area contributed by atoms with E-state index in [0.717, 1.165) is 89.4 Å². The molecule has 0 saturated carbocycles. The van der Waals surface area contributed by atoms with Gasteiger partial charge < -0.3 is 9.97 Å². The molecular formula is C44H28ClN4Ru. The molecule has 0 fully saturated rings. The van der Waals surface area contributed by atoms with E-state index in [1.54, 1.807) is 0 Å². The predicted octanol–water partition coefficient (Wildman–Crippen LogP) is 11.3. The van der Waals surface area contributed by atoms with E-state index >= 15 is 0 Å². The van der Waals surface area contributed by atoms with Crippen molar-refractivity contribution in [3.05, 3.63) is 168 Å². The van der Waals surface area contributed by atoms with Crippen molar-refractivity contribution in [3.8, 4) is 44.5 Å². The Morgan fingerprint density at radius 1 is 0.320 bits per heavy atom. The average Bonchev–Trinajstić information content (AvgIpc) is 4.02. The van der Waals surface area contributed by atoms with Crippen molar-refractivity contribution in [2.75, 3.05) is 0 Å². The van der Waals surface area contributed by atoms with Crippen molar-refractivity contribution in [1.82, 2.24) is 19.9 Å². The first-order valence-electron chi connectivity index (χ1n) is 16.2. The van der Waals surface area contributed by atoms with Gasteiger partial charge in [-0.1, -0.05) is 146 Å². The van der Waals surface area contributed by atoms with Crippen molar-refractivity contribution in [2.24, 2.45) is 0 Å². The van der Waals surface area contributed by atoms with Gasteiger partial charge in [-0.15, -0.1) is 22.1 Å². The molecule has 5 heterocycles. The number of rotatable bonds is 4. The zero-order chi connectivity index (χ0) is 33.9. The van der Waals surface area contributed by atoms with Gasteiger partial charge in [-0.25, -0.2) is 9.97 Å².